The molecule has 1 atom stereocenters. The first-order chi connectivity index (χ1) is 4.70. The lowest BCUT2D eigenvalue weighted by Gasteiger charge is -2.15. The van der Waals surface area contributed by atoms with Crippen molar-refractivity contribution in [3.05, 3.63) is 0 Å². The minimum atomic E-state index is -0.0120. The molecule has 1 rings (SSSR count). The average molecular weight is 144 g/mol. The SMILES string of the molecule is CC(N)CN1OCCC1=O. The number of amides is 1. The molecule has 0 aliphatic carbocycles. The molecule has 0 radical (unpaired) electrons. The predicted octanol–water partition coefficient (Wildman–Crippen LogP) is -0.503. The van der Waals surface area contributed by atoms with Gasteiger partial charge in [0.2, 0.25) is 5.91 Å². The first-order valence-corrected chi connectivity index (χ1v) is 3.39. The minimum Gasteiger partial charge on any atom is -0.326 e. The summed E-state index contributed by atoms with van der Waals surface area (Å²) in [5, 5.41) is 1.34. The largest absolute Gasteiger partial charge is 0.326 e. The van der Waals surface area contributed by atoms with Gasteiger partial charge in [0.05, 0.1) is 19.6 Å². The molecule has 1 amide bonds. The Hall–Kier alpha value is -0.610. The van der Waals surface area contributed by atoms with Crippen LogP contribution in [-0.4, -0.2) is 30.2 Å². The van der Waals surface area contributed by atoms with E-state index in [1.54, 1.807) is 0 Å². The molecule has 4 nitrogen and oxygen atoms in total. The first-order valence-electron chi connectivity index (χ1n) is 3.39. The lowest BCUT2D eigenvalue weighted by molar-refractivity contribution is -0.162. The number of nitrogens with two attached hydrogens (primary N) is 1. The number of hydrogen-bond donors (Lipinski definition) is 1. The number of rotatable bonds is 2. The topological polar surface area (TPSA) is 55.6 Å². The molecule has 1 saturated heterocycles. The van der Waals surface area contributed by atoms with Gasteiger partial charge in [-0.2, -0.15) is 0 Å². The Morgan fingerprint density at radius 2 is 2.60 bits per heavy atom. The van der Waals surface area contributed by atoms with Crippen LogP contribution in [0.25, 0.3) is 0 Å². The van der Waals surface area contributed by atoms with E-state index in [2.05, 4.69) is 0 Å². The van der Waals surface area contributed by atoms with Crippen LogP contribution in [0.15, 0.2) is 0 Å². The zero-order valence-electron chi connectivity index (χ0n) is 6.04. The molecule has 0 bridgehead atoms. The molecule has 0 spiro atoms. The van der Waals surface area contributed by atoms with Gasteiger partial charge in [0.1, 0.15) is 0 Å². The van der Waals surface area contributed by atoms with Crippen molar-refractivity contribution < 1.29 is 9.63 Å². The molecule has 10 heavy (non-hydrogen) atoms. The van der Waals surface area contributed by atoms with Gasteiger partial charge in [-0.1, -0.05) is 0 Å². The van der Waals surface area contributed by atoms with E-state index in [1.165, 1.54) is 5.06 Å². The van der Waals surface area contributed by atoms with Gasteiger partial charge in [-0.05, 0) is 6.92 Å². The maximum Gasteiger partial charge on any atom is 0.248 e. The highest BCUT2D eigenvalue weighted by Crippen LogP contribution is 2.05. The van der Waals surface area contributed by atoms with Crippen LogP contribution in [0.5, 0.6) is 0 Å². The zero-order chi connectivity index (χ0) is 7.56. The summed E-state index contributed by atoms with van der Waals surface area (Å²) in [6.07, 6.45) is 0.493. The second-order valence-electron chi connectivity index (χ2n) is 2.52. The van der Waals surface area contributed by atoms with Gasteiger partial charge in [0.25, 0.3) is 0 Å². The predicted molar refractivity (Wildman–Crippen MR) is 35.9 cm³/mol. The molecule has 1 heterocycles. The van der Waals surface area contributed by atoms with Crippen molar-refractivity contribution in [1.82, 2.24) is 5.06 Å². The van der Waals surface area contributed by atoms with Gasteiger partial charge in [0, 0.05) is 6.04 Å². The average Bonchev–Trinajstić information content (AvgIpc) is 2.15. The summed E-state index contributed by atoms with van der Waals surface area (Å²) in [6, 6.07) is -0.0120. The van der Waals surface area contributed by atoms with E-state index in [1.807, 2.05) is 6.92 Å². The van der Waals surface area contributed by atoms with E-state index in [0.29, 0.717) is 19.6 Å². The lowest BCUT2D eigenvalue weighted by atomic mass is 10.3. The van der Waals surface area contributed by atoms with Crippen LogP contribution in [0.3, 0.4) is 0 Å². The third kappa shape index (κ3) is 1.68. The van der Waals surface area contributed by atoms with Crippen molar-refractivity contribution in [2.45, 2.75) is 19.4 Å². The highest BCUT2D eigenvalue weighted by atomic mass is 16.7. The summed E-state index contributed by atoms with van der Waals surface area (Å²) in [5.41, 5.74) is 5.46. The van der Waals surface area contributed by atoms with Crippen LogP contribution in [0, 0.1) is 0 Å². The second kappa shape index (κ2) is 2.98. The van der Waals surface area contributed by atoms with Crippen LogP contribution in [0.2, 0.25) is 0 Å². The highest BCUT2D eigenvalue weighted by molar-refractivity contribution is 5.76. The molecule has 0 saturated carbocycles. The Morgan fingerprint density at radius 3 is 3.00 bits per heavy atom. The molecule has 1 aliphatic rings. The molecule has 0 aromatic carbocycles. The summed E-state index contributed by atoms with van der Waals surface area (Å²) in [5.74, 6) is 0.0392. The Balaban J connectivity index is 2.33. The highest BCUT2D eigenvalue weighted by Gasteiger charge is 2.21. The van der Waals surface area contributed by atoms with Crippen molar-refractivity contribution in [2.75, 3.05) is 13.2 Å². The van der Waals surface area contributed by atoms with Crippen LogP contribution in [0.1, 0.15) is 13.3 Å². The summed E-state index contributed by atoms with van der Waals surface area (Å²) < 4.78 is 0. The van der Waals surface area contributed by atoms with E-state index in [9.17, 15) is 4.79 Å². The van der Waals surface area contributed by atoms with Crippen molar-refractivity contribution in [3.63, 3.8) is 0 Å². The molecule has 1 aliphatic heterocycles. The van der Waals surface area contributed by atoms with E-state index in [-0.39, 0.29) is 11.9 Å². The fraction of sp³-hybridized carbons (Fsp3) is 0.833. The molecule has 0 aromatic rings. The molecule has 1 fully saturated rings. The third-order valence-electron chi connectivity index (χ3n) is 1.30. The van der Waals surface area contributed by atoms with Crippen molar-refractivity contribution in [3.8, 4) is 0 Å². The molecule has 1 unspecified atom stereocenters. The smallest absolute Gasteiger partial charge is 0.248 e. The van der Waals surface area contributed by atoms with Crippen LogP contribution >= 0.6 is 0 Å². The minimum absolute atomic E-state index is 0.0120. The number of nitrogens with zero attached hydrogens (tertiary/aromatic N) is 1. The first kappa shape index (κ1) is 7.50. The molecular formula is C6H12N2O2. The number of carbonyl (C=O) groups excluding carboxylic acids is 1. The monoisotopic (exact) mass is 144 g/mol. The van der Waals surface area contributed by atoms with Gasteiger partial charge in [0.15, 0.2) is 0 Å². The lowest BCUT2D eigenvalue weighted by Crippen LogP contribution is -2.35. The normalized spacial score (nSPS) is 21.8. The van der Waals surface area contributed by atoms with Crippen LogP contribution in [-0.2, 0) is 9.63 Å². The van der Waals surface area contributed by atoms with Crippen molar-refractivity contribution in [1.29, 1.82) is 0 Å². The fourth-order valence-electron chi connectivity index (χ4n) is 0.856. The van der Waals surface area contributed by atoms with Crippen LogP contribution in [0.4, 0.5) is 0 Å². The van der Waals surface area contributed by atoms with E-state index < -0.39 is 0 Å². The van der Waals surface area contributed by atoms with E-state index in [4.69, 9.17) is 10.6 Å². The van der Waals surface area contributed by atoms with Gasteiger partial charge in [-0.15, -0.1) is 0 Å². The summed E-state index contributed by atoms with van der Waals surface area (Å²) in [7, 11) is 0. The van der Waals surface area contributed by atoms with Crippen molar-refractivity contribution >= 4 is 5.91 Å². The second-order valence-corrected chi connectivity index (χ2v) is 2.52. The fourth-order valence-corrected chi connectivity index (χ4v) is 0.856. The summed E-state index contributed by atoms with van der Waals surface area (Å²) in [6.45, 7) is 2.85. The number of hydrogen-bond acceptors (Lipinski definition) is 3. The Labute approximate surface area is 59.9 Å². The van der Waals surface area contributed by atoms with Gasteiger partial charge in [-0.25, -0.2) is 5.06 Å². The Bertz CT molecular complexity index is 136. The number of hydroxylamine groups is 2. The standard InChI is InChI=1S/C6H12N2O2/c1-5(7)4-8-6(9)2-3-10-8/h5H,2-4,7H2,1H3. The Morgan fingerprint density at radius 1 is 1.90 bits per heavy atom. The quantitative estimate of drug-likeness (QED) is 0.568. The van der Waals surface area contributed by atoms with Crippen LogP contribution < -0.4 is 5.73 Å². The van der Waals surface area contributed by atoms with E-state index in [0.717, 1.165) is 0 Å². The molecule has 58 valence electrons. The van der Waals surface area contributed by atoms with Crippen molar-refractivity contribution in [2.24, 2.45) is 5.73 Å². The molecule has 4 heteroatoms. The van der Waals surface area contributed by atoms with Gasteiger partial charge < -0.3 is 5.73 Å². The Kier molecular flexibility index (Phi) is 2.24. The maximum atomic E-state index is 10.9. The zero-order valence-corrected chi connectivity index (χ0v) is 6.04. The summed E-state index contributed by atoms with van der Waals surface area (Å²) >= 11 is 0. The summed E-state index contributed by atoms with van der Waals surface area (Å²) in [4.78, 5) is 15.8. The number of carbonyl (C=O) groups is 1. The molecule has 2 N–H and O–H groups in total. The third-order valence-corrected chi connectivity index (χ3v) is 1.30. The molecular weight excluding hydrogens is 132 g/mol. The van der Waals surface area contributed by atoms with E-state index >= 15 is 0 Å². The van der Waals surface area contributed by atoms with Gasteiger partial charge >= 0.3 is 0 Å². The maximum absolute atomic E-state index is 10.9. The van der Waals surface area contributed by atoms with Gasteiger partial charge in [-0.3, -0.25) is 9.63 Å². The molecule has 0 aromatic heterocycles.